The van der Waals surface area contributed by atoms with Crippen LogP contribution >= 0.6 is 0 Å². The molecular formula is C17H16N4O3. The smallest absolute Gasteiger partial charge is 0.256 e. The second-order valence-corrected chi connectivity index (χ2v) is 4.88. The number of carbonyl (C=O) groups is 1. The maximum absolute atomic E-state index is 12.6. The van der Waals surface area contributed by atoms with Crippen molar-refractivity contribution in [1.82, 2.24) is 14.8 Å². The average molecular weight is 324 g/mol. The summed E-state index contributed by atoms with van der Waals surface area (Å²) >= 11 is 0. The zero-order valence-electron chi connectivity index (χ0n) is 13.3. The highest BCUT2D eigenvalue weighted by atomic mass is 16.5. The summed E-state index contributed by atoms with van der Waals surface area (Å²) in [5.74, 6) is 1.32. The van der Waals surface area contributed by atoms with Gasteiger partial charge in [0.1, 0.15) is 11.5 Å². The van der Waals surface area contributed by atoms with Crippen molar-refractivity contribution in [3.8, 4) is 17.3 Å². The normalized spacial score (nSPS) is 10.2. The van der Waals surface area contributed by atoms with E-state index in [1.807, 2.05) is 0 Å². The van der Waals surface area contributed by atoms with E-state index in [-0.39, 0.29) is 5.91 Å². The number of anilines is 1. The van der Waals surface area contributed by atoms with Crippen LogP contribution in [0.5, 0.6) is 11.5 Å². The van der Waals surface area contributed by atoms with E-state index < -0.39 is 0 Å². The largest absolute Gasteiger partial charge is 0.497 e. The monoisotopic (exact) mass is 324 g/mol. The fraction of sp³-hybridized carbons (Fsp3) is 0.118. The van der Waals surface area contributed by atoms with Crippen molar-refractivity contribution in [1.29, 1.82) is 0 Å². The number of pyridine rings is 1. The van der Waals surface area contributed by atoms with Crippen molar-refractivity contribution in [2.24, 2.45) is 0 Å². The van der Waals surface area contributed by atoms with E-state index in [1.165, 1.54) is 14.2 Å². The second kappa shape index (κ2) is 6.82. The van der Waals surface area contributed by atoms with Gasteiger partial charge < -0.3 is 14.8 Å². The van der Waals surface area contributed by atoms with Gasteiger partial charge in [0.05, 0.1) is 19.9 Å². The van der Waals surface area contributed by atoms with Crippen molar-refractivity contribution >= 4 is 11.6 Å². The third-order valence-corrected chi connectivity index (χ3v) is 3.37. The Balaban J connectivity index is 1.91. The zero-order valence-corrected chi connectivity index (χ0v) is 13.3. The van der Waals surface area contributed by atoms with Crippen molar-refractivity contribution in [3.63, 3.8) is 0 Å². The molecule has 2 heterocycles. The number of ether oxygens (including phenoxy) is 2. The Hall–Kier alpha value is -3.35. The molecule has 0 saturated carbocycles. The van der Waals surface area contributed by atoms with Gasteiger partial charge in [-0.2, -0.15) is 5.10 Å². The summed E-state index contributed by atoms with van der Waals surface area (Å²) in [6, 6.07) is 10.3. The Morgan fingerprint density at radius 2 is 1.83 bits per heavy atom. The molecule has 3 rings (SSSR count). The lowest BCUT2D eigenvalue weighted by Gasteiger charge is -2.11. The van der Waals surface area contributed by atoms with Crippen molar-refractivity contribution < 1.29 is 14.3 Å². The van der Waals surface area contributed by atoms with Crippen LogP contribution in [0, 0.1) is 0 Å². The van der Waals surface area contributed by atoms with Crippen molar-refractivity contribution in [2.75, 3.05) is 19.5 Å². The number of benzene rings is 1. The number of nitrogens with one attached hydrogen (secondary N) is 1. The van der Waals surface area contributed by atoms with Crippen LogP contribution < -0.4 is 14.8 Å². The summed E-state index contributed by atoms with van der Waals surface area (Å²) in [5, 5.41) is 6.99. The van der Waals surface area contributed by atoms with Gasteiger partial charge in [0, 0.05) is 30.2 Å². The third-order valence-electron chi connectivity index (χ3n) is 3.37. The summed E-state index contributed by atoms with van der Waals surface area (Å²) in [7, 11) is 3.07. The molecule has 0 radical (unpaired) electrons. The Labute approximate surface area is 138 Å². The molecule has 0 spiro atoms. The maximum Gasteiger partial charge on any atom is 0.256 e. The molecular weight excluding hydrogens is 308 g/mol. The van der Waals surface area contributed by atoms with Gasteiger partial charge in [-0.15, -0.1) is 0 Å². The Kier molecular flexibility index (Phi) is 4.42. The lowest BCUT2D eigenvalue weighted by atomic mass is 10.2. The Bertz CT molecular complexity index is 825. The number of nitrogens with zero attached hydrogens (tertiary/aromatic N) is 3. The second-order valence-electron chi connectivity index (χ2n) is 4.88. The van der Waals surface area contributed by atoms with E-state index in [9.17, 15) is 4.79 Å². The lowest BCUT2D eigenvalue weighted by Crippen LogP contribution is -2.15. The number of hydrogen-bond donors (Lipinski definition) is 1. The zero-order chi connectivity index (χ0) is 16.9. The Morgan fingerprint density at radius 3 is 2.46 bits per heavy atom. The SMILES string of the molecule is COc1cc(OC)cc(C(=O)Nc2cccnc2-n2cccn2)c1. The molecule has 0 fully saturated rings. The van der Waals surface area contributed by atoms with Crippen LogP contribution in [0.4, 0.5) is 5.69 Å². The standard InChI is InChI=1S/C17H16N4O3/c1-23-13-9-12(10-14(11-13)24-2)17(22)20-15-5-3-6-18-16(15)21-8-4-7-19-21/h3-11H,1-2H3,(H,20,22). The topological polar surface area (TPSA) is 78.3 Å². The van der Waals surface area contributed by atoms with Crippen molar-refractivity contribution in [3.05, 3.63) is 60.6 Å². The van der Waals surface area contributed by atoms with E-state index in [2.05, 4.69) is 15.4 Å². The Morgan fingerprint density at radius 1 is 1.08 bits per heavy atom. The number of rotatable bonds is 5. The molecule has 0 aliphatic rings. The molecule has 0 saturated heterocycles. The molecule has 0 bridgehead atoms. The minimum Gasteiger partial charge on any atom is -0.497 e. The average Bonchev–Trinajstić information content (AvgIpc) is 3.16. The van der Waals surface area contributed by atoms with E-state index >= 15 is 0 Å². The number of amides is 1. The van der Waals surface area contributed by atoms with Crippen LogP contribution in [0.25, 0.3) is 5.82 Å². The van der Waals surface area contributed by atoms with Gasteiger partial charge in [-0.3, -0.25) is 4.79 Å². The molecule has 24 heavy (non-hydrogen) atoms. The number of aromatic nitrogens is 3. The highest BCUT2D eigenvalue weighted by molar-refractivity contribution is 6.05. The summed E-state index contributed by atoms with van der Waals surface area (Å²) in [4.78, 5) is 16.9. The number of hydrogen-bond acceptors (Lipinski definition) is 5. The van der Waals surface area contributed by atoms with Crippen LogP contribution in [0.3, 0.4) is 0 Å². The molecule has 7 heteroatoms. The van der Waals surface area contributed by atoms with E-state index in [1.54, 1.807) is 59.7 Å². The molecule has 0 aliphatic carbocycles. The van der Waals surface area contributed by atoms with Gasteiger partial charge >= 0.3 is 0 Å². The molecule has 0 unspecified atom stereocenters. The molecule has 0 aliphatic heterocycles. The van der Waals surface area contributed by atoms with Gasteiger partial charge in [-0.05, 0) is 30.3 Å². The summed E-state index contributed by atoms with van der Waals surface area (Å²) in [5.41, 5.74) is 0.967. The maximum atomic E-state index is 12.6. The fourth-order valence-corrected chi connectivity index (χ4v) is 2.20. The molecule has 2 aromatic heterocycles. The molecule has 1 N–H and O–H groups in total. The third kappa shape index (κ3) is 3.19. The minimum atomic E-state index is -0.298. The first-order valence-corrected chi connectivity index (χ1v) is 7.20. The molecule has 0 atom stereocenters. The first-order chi connectivity index (χ1) is 11.7. The minimum absolute atomic E-state index is 0.298. The first kappa shape index (κ1) is 15.5. The van der Waals surface area contributed by atoms with Crippen LogP contribution in [-0.2, 0) is 0 Å². The predicted octanol–water partition coefficient (Wildman–Crippen LogP) is 2.54. The first-order valence-electron chi connectivity index (χ1n) is 7.20. The fourth-order valence-electron chi connectivity index (χ4n) is 2.20. The molecule has 3 aromatic rings. The van der Waals surface area contributed by atoms with Gasteiger partial charge in [0.25, 0.3) is 5.91 Å². The molecule has 122 valence electrons. The van der Waals surface area contributed by atoms with E-state index in [0.717, 1.165) is 0 Å². The summed E-state index contributed by atoms with van der Waals surface area (Å²) in [6.45, 7) is 0. The molecule has 1 aromatic carbocycles. The highest BCUT2D eigenvalue weighted by Crippen LogP contribution is 2.24. The predicted molar refractivity (Wildman–Crippen MR) is 88.9 cm³/mol. The van der Waals surface area contributed by atoms with Gasteiger partial charge in [0.2, 0.25) is 0 Å². The quantitative estimate of drug-likeness (QED) is 0.780. The van der Waals surface area contributed by atoms with Crippen LogP contribution in [0.15, 0.2) is 55.0 Å². The summed E-state index contributed by atoms with van der Waals surface area (Å²) in [6.07, 6.45) is 5.04. The van der Waals surface area contributed by atoms with Crippen LogP contribution in [-0.4, -0.2) is 34.9 Å². The van der Waals surface area contributed by atoms with Crippen LogP contribution in [0.2, 0.25) is 0 Å². The lowest BCUT2D eigenvalue weighted by molar-refractivity contribution is 0.102. The van der Waals surface area contributed by atoms with Crippen LogP contribution in [0.1, 0.15) is 10.4 Å². The highest BCUT2D eigenvalue weighted by Gasteiger charge is 2.13. The summed E-state index contributed by atoms with van der Waals surface area (Å²) < 4.78 is 12.0. The molecule has 7 nitrogen and oxygen atoms in total. The van der Waals surface area contributed by atoms with E-state index in [4.69, 9.17) is 9.47 Å². The van der Waals surface area contributed by atoms with Crippen molar-refractivity contribution in [2.45, 2.75) is 0 Å². The van der Waals surface area contributed by atoms with Gasteiger partial charge in [-0.25, -0.2) is 9.67 Å². The van der Waals surface area contributed by atoms with Gasteiger partial charge in [-0.1, -0.05) is 0 Å². The molecule has 1 amide bonds. The van der Waals surface area contributed by atoms with E-state index in [0.29, 0.717) is 28.6 Å². The van der Waals surface area contributed by atoms with Gasteiger partial charge in [0.15, 0.2) is 5.82 Å². The number of methoxy groups -OCH3 is 2. The number of carbonyl (C=O) groups excluding carboxylic acids is 1.